The fraction of sp³-hybridized carbons (Fsp3) is 0.200. The molecule has 0 radical (unpaired) electrons. The van der Waals surface area contributed by atoms with Crippen molar-refractivity contribution in [2.75, 3.05) is 6.61 Å². The second kappa shape index (κ2) is 4.62. The SMILES string of the molecule is C=CCOc1cc(F)cc(CN)c1. The number of hydrogen-bond donors (Lipinski definition) is 1. The highest BCUT2D eigenvalue weighted by molar-refractivity contribution is 5.29. The summed E-state index contributed by atoms with van der Waals surface area (Å²) in [6, 6.07) is 4.43. The zero-order valence-electron chi connectivity index (χ0n) is 7.29. The van der Waals surface area contributed by atoms with Gasteiger partial charge in [0, 0.05) is 12.6 Å². The zero-order chi connectivity index (χ0) is 9.68. The van der Waals surface area contributed by atoms with Crippen LogP contribution in [0, 0.1) is 5.82 Å². The summed E-state index contributed by atoms with van der Waals surface area (Å²) < 4.78 is 18.0. The number of rotatable bonds is 4. The molecular formula is C10H12FNO. The van der Waals surface area contributed by atoms with E-state index in [-0.39, 0.29) is 5.82 Å². The van der Waals surface area contributed by atoms with E-state index in [1.807, 2.05) is 0 Å². The summed E-state index contributed by atoms with van der Waals surface area (Å²) in [7, 11) is 0. The highest BCUT2D eigenvalue weighted by Crippen LogP contribution is 2.15. The van der Waals surface area contributed by atoms with Crippen LogP contribution in [0.1, 0.15) is 5.56 Å². The fourth-order valence-electron chi connectivity index (χ4n) is 0.977. The van der Waals surface area contributed by atoms with Gasteiger partial charge < -0.3 is 10.5 Å². The quantitative estimate of drug-likeness (QED) is 0.719. The fourth-order valence-corrected chi connectivity index (χ4v) is 0.977. The minimum Gasteiger partial charge on any atom is -0.489 e. The summed E-state index contributed by atoms with van der Waals surface area (Å²) in [6.07, 6.45) is 1.60. The van der Waals surface area contributed by atoms with Gasteiger partial charge in [-0.05, 0) is 17.7 Å². The third kappa shape index (κ3) is 2.87. The molecule has 0 aliphatic rings. The van der Waals surface area contributed by atoms with Crippen LogP contribution in [-0.4, -0.2) is 6.61 Å². The van der Waals surface area contributed by atoms with Gasteiger partial charge in [-0.3, -0.25) is 0 Å². The molecule has 1 aromatic rings. The van der Waals surface area contributed by atoms with Crippen LogP contribution in [0.25, 0.3) is 0 Å². The van der Waals surface area contributed by atoms with Gasteiger partial charge in [0.05, 0.1) is 0 Å². The normalized spacial score (nSPS) is 9.69. The van der Waals surface area contributed by atoms with Gasteiger partial charge in [-0.2, -0.15) is 0 Å². The lowest BCUT2D eigenvalue weighted by molar-refractivity contribution is 0.360. The van der Waals surface area contributed by atoms with Crippen LogP contribution >= 0.6 is 0 Å². The summed E-state index contributed by atoms with van der Waals surface area (Å²) in [5.74, 6) is 0.155. The third-order valence-corrected chi connectivity index (χ3v) is 1.53. The van der Waals surface area contributed by atoms with E-state index in [4.69, 9.17) is 10.5 Å². The van der Waals surface area contributed by atoms with E-state index in [0.717, 1.165) is 5.56 Å². The Balaban J connectivity index is 2.81. The topological polar surface area (TPSA) is 35.2 Å². The smallest absolute Gasteiger partial charge is 0.127 e. The highest BCUT2D eigenvalue weighted by atomic mass is 19.1. The molecule has 0 bridgehead atoms. The average Bonchev–Trinajstić information content (AvgIpc) is 2.14. The van der Waals surface area contributed by atoms with Crippen molar-refractivity contribution in [3.8, 4) is 5.75 Å². The first-order valence-electron chi connectivity index (χ1n) is 3.99. The number of halogens is 1. The molecule has 0 amide bonds. The summed E-state index contributed by atoms with van der Waals surface area (Å²) in [5.41, 5.74) is 6.10. The second-order valence-electron chi connectivity index (χ2n) is 2.60. The first-order valence-corrected chi connectivity index (χ1v) is 3.99. The van der Waals surface area contributed by atoms with Gasteiger partial charge in [0.15, 0.2) is 0 Å². The molecule has 0 aromatic heterocycles. The molecule has 0 aliphatic heterocycles. The molecule has 0 unspecified atom stereocenters. The molecule has 2 nitrogen and oxygen atoms in total. The number of hydrogen-bond acceptors (Lipinski definition) is 2. The van der Waals surface area contributed by atoms with Crippen molar-refractivity contribution in [1.29, 1.82) is 0 Å². The van der Waals surface area contributed by atoms with Gasteiger partial charge >= 0.3 is 0 Å². The van der Waals surface area contributed by atoms with Crippen molar-refractivity contribution in [2.45, 2.75) is 6.54 Å². The van der Waals surface area contributed by atoms with Crippen LogP contribution in [0.5, 0.6) is 5.75 Å². The summed E-state index contributed by atoms with van der Waals surface area (Å²) in [5, 5.41) is 0. The molecule has 1 rings (SSSR count). The van der Waals surface area contributed by atoms with E-state index in [0.29, 0.717) is 18.9 Å². The number of benzene rings is 1. The van der Waals surface area contributed by atoms with Crippen molar-refractivity contribution in [3.63, 3.8) is 0 Å². The molecule has 0 spiro atoms. The maximum atomic E-state index is 12.9. The number of ether oxygens (including phenoxy) is 1. The lowest BCUT2D eigenvalue weighted by atomic mass is 10.2. The van der Waals surface area contributed by atoms with Crippen molar-refractivity contribution in [2.24, 2.45) is 5.73 Å². The monoisotopic (exact) mass is 181 g/mol. The molecule has 2 N–H and O–H groups in total. The molecule has 0 saturated carbocycles. The predicted octanol–water partition coefficient (Wildman–Crippen LogP) is 1.85. The zero-order valence-corrected chi connectivity index (χ0v) is 7.29. The van der Waals surface area contributed by atoms with Crippen molar-refractivity contribution >= 4 is 0 Å². The Kier molecular flexibility index (Phi) is 3.46. The maximum absolute atomic E-state index is 12.9. The van der Waals surface area contributed by atoms with Gasteiger partial charge in [-0.1, -0.05) is 12.7 Å². The summed E-state index contributed by atoms with van der Waals surface area (Å²) >= 11 is 0. The Labute approximate surface area is 76.8 Å². The van der Waals surface area contributed by atoms with Crippen molar-refractivity contribution in [1.82, 2.24) is 0 Å². The van der Waals surface area contributed by atoms with E-state index >= 15 is 0 Å². The molecule has 1 aromatic carbocycles. The molecule has 13 heavy (non-hydrogen) atoms. The van der Waals surface area contributed by atoms with Gasteiger partial charge in [-0.25, -0.2) is 4.39 Å². The Hall–Kier alpha value is -1.35. The van der Waals surface area contributed by atoms with E-state index in [9.17, 15) is 4.39 Å². The Morgan fingerprint density at radius 3 is 2.85 bits per heavy atom. The minimum atomic E-state index is -0.331. The van der Waals surface area contributed by atoms with Gasteiger partial charge in [0.2, 0.25) is 0 Å². The minimum absolute atomic E-state index is 0.308. The largest absolute Gasteiger partial charge is 0.489 e. The van der Waals surface area contributed by atoms with Gasteiger partial charge in [0.25, 0.3) is 0 Å². The second-order valence-corrected chi connectivity index (χ2v) is 2.60. The van der Waals surface area contributed by atoms with Crippen LogP contribution in [0.15, 0.2) is 30.9 Å². The first-order chi connectivity index (χ1) is 6.26. The van der Waals surface area contributed by atoms with Crippen LogP contribution in [0.4, 0.5) is 4.39 Å². The molecule has 70 valence electrons. The maximum Gasteiger partial charge on any atom is 0.127 e. The lowest BCUT2D eigenvalue weighted by Gasteiger charge is -2.05. The highest BCUT2D eigenvalue weighted by Gasteiger charge is 1.99. The van der Waals surface area contributed by atoms with Crippen LogP contribution in [0.3, 0.4) is 0 Å². The standard InChI is InChI=1S/C10H12FNO/c1-2-3-13-10-5-8(7-12)4-9(11)6-10/h2,4-6H,1,3,7,12H2. The van der Waals surface area contributed by atoms with E-state index < -0.39 is 0 Å². The Morgan fingerprint density at radius 2 is 2.23 bits per heavy atom. The molecule has 3 heteroatoms. The van der Waals surface area contributed by atoms with Crippen LogP contribution in [-0.2, 0) is 6.54 Å². The summed E-state index contributed by atoms with van der Waals surface area (Å²) in [4.78, 5) is 0. The van der Waals surface area contributed by atoms with Crippen molar-refractivity contribution < 1.29 is 9.13 Å². The average molecular weight is 181 g/mol. The Bertz CT molecular complexity index is 299. The van der Waals surface area contributed by atoms with Gasteiger partial charge in [-0.15, -0.1) is 0 Å². The third-order valence-electron chi connectivity index (χ3n) is 1.53. The molecular weight excluding hydrogens is 169 g/mol. The van der Waals surface area contributed by atoms with Crippen LogP contribution in [0.2, 0.25) is 0 Å². The molecule has 0 heterocycles. The lowest BCUT2D eigenvalue weighted by Crippen LogP contribution is -1.99. The van der Waals surface area contributed by atoms with Crippen molar-refractivity contribution in [3.05, 3.63) is 42.2 Å². The Morgan fingerprint density at radius 1 is 1.46 bits per heavy atom. The number of nitrogens with two attached hydrogens (primary N) is 1. The molecule has 0 aliphatic carbocycles. The molecule has 0 fully saturated rings. The van der Waals surface area contributed by atoms with E-state index in [1.54, 1.807) is 12.1 Å². The predicted molar refractivity (Wildman–Crippen MR) is 50.0 cm³/mol. The van der Waals surface area contributed by atoms with Crippen LogP contribution < -0.4 is 10.5 Å². The molecule has 0 atom stereocenters. The first kappa shape index (κ1) is 9.74. The van der Waals surface area contributed by atoms with E-state index in [1.165, 1.54) is 12.1 Å². The van der Waals surface area contributed by atoms with E-state index in [2.05, 4.69) is 6.58 Å². The van der Waals surface area contributed by atoms with Gasteiger partial charge in [0.1, 0.15) is 18.2 Å². The summed E-state index contributed by atoms with van der Waals surface area (Å²) in [6.45, 7) is 4.17. The molecule has 0 saturated heterocycles.